The van der Waals surface area contributed by atoms with E-state index in [1.807, 2.05) is 48.6 Å². The Morgan fingerprint density at radius 2 is 0.719 bits per heavy atom. The van der Waals surface area contributed by atoms with E-state index in [4.69, 9.17) is 14.2 Å². The number of unbranched alkanes of at least 4 members (excludes halogenated alkanes) is 13. The molecular weight excluding hydrogens is 793 g/mol. The highest BCUT2D eigenvalue weighted by Gasteiger charge is 2.19. The number of ether oxygens (including phenoxy) is 3. The number of carbonyl (C=O) groups is 3. The Morgan fingerprint density at radius 3 is 1.22 bits per heavy atom. The first-order valence-corrected chi connectivity index (χ1v) is 25.2. The molecule has 1 unspecified atom stereocenters. The molecule has 1 atom stereocenters. The molecular formula is C58H90O6. The summed E-state index contributed by atoms with van der Waals surface area (Å²) in [5.41, 5.74) is 0. The van der Waals surface area contributed by atoms with Crippen LogP contribution in [0, 0.1) is 0 Å². The Hall–Kier alpha value is -4.45. The molecule has 358 valence electrons. The summed E-state index contributed by atoms with van der Waals surface area (Å²) >= 11 is 0. The van der Waals surface area contributed by atoms with Crippen LogP contribution in [0.15, 0.2) is 134 Å². The number of hydrogen-bond donors (Lipinski definition) is 0. The molecule has 0 saturated heterocycles. The molecule has 64 heavy (non-hydrogen) atoms. The van der Waals surface area contributed by atoms with Crippen molar-refractivity contribution in [1.82, 2.24) is 0 Å². The lowest BCUT2D eigenvalue weighted by Gasteiger charge is -2.18. The van der Waals surface area contributed by atoms with E-state index in [1.165, 1.54) is 51.4 Å². The van der Waals surface area contributed by atoms with Gasteiger partial charge in [-0.25, -0.2) is 0 Å². The molecule has 0 aromatic carbocycles. The highest BCUT2D eigenvalue weighted by molar-refractivity contribution is 5.71. The third kappa shape index (κ3) is 48.6. The topological polar surface area (TPSA) is 78.9 Å². The Bertz CT molecular complexity index is 1430. The first-order valence-electron chi connectivity index (χ1n) is 25.2. The quantitative estimate of drug-likeness (QED) is 0.0200. The molecule has 0 bridgehead atoms. The lowest BCUT2D eigenvalue weighted by Crippen LogP contribution is -2.30. The van der Waals surface area contributed by atoms with Crippen LogP contribution in [0.2, 0.25) is 0 Å². The minimum Gasteiger partial charge on any atom is -0.462 e. The van der Waals surface area contributed by atoms with Gasteiger partial charge in [-0.15, -0.1) is 0 Å². The van der Waals surface area contributed by atoms with E-state index in [-0.39, 0.29) is 31.6 Å². The third-order valence-electron chi connectivity index (χ3n) is 9.98. The molecule has 0 aliphatic heterocycles. The molecule has 0 rings (SSSR count). The first-order chi connectivity index (χ1) is 31.5. The summed E-state index contributed by atoms with van der Waals surface area (Å²) in [6.07, 6.45) is 71.6. The molecule has 0 heterocycles. The summed E-state index contributed by atoms with van der Waals surface area (Å²) in [4.78, 5) is 37.9. The molecule has 0 aromatic heterocycles. The zero-order chi connectivity index (χ0) is 46.5. The summed E-state index contributed by atoms with van der Waals surface area (Å²) in [7, 11) is 0. The van der Waals surface area contributed by atoms with Gasteiger partial charge < -0.3 is 14.2 Å². The molecule has 6 heteroatoms. The van der Waals surface area contributed by atoms with Crippen molar-refractivity contribution in [3.63, 3.8) is 0 Å². The van der Waals surface area contributed by atoms with Crippen LogP contribution in [-0.4, -0.2) is 37.2 Å². The van der Waals surface area contributed by atoms with Crippen LogP contribution in [0.25, 0.3) is 0 Å². The maximum atomic E-state index is 12.8. The molecule has 0 saturated carbocycles. The largest absolute Gasteiger partial charge is 0.462 e. The maximum absolute atomic E-state index is 12.8. The lowest BCUT2D eigenvalue weighted by atomic mass is 10.1. The summed E-state index contributed by atoms with van der Waals surface area (Å²) in [5.74, 6) is -1.07. The predicted octanol–water partition coefficient (Wildman–Crippen LogP) is 16.7. The van der Waals surface area contributed by atoms with E-state index in [9.17, 15) is 14.4 Å². The number of carbonyl (C=O) groups excluding carboxylic acids is 3. The fourth-order valence-corrected chi connectivity index (χ4v) is 6.24. The summed E-state index contributed by atoms with van der Waals surface area (Å²) in [5, 5.41) is 0. The van der Waals surface area contributed by atoms with Gasteiger partial charge in [0.15, 0.2) is 6.10 Å². The van der Waals surface area contributed by atoms with Crippen LogP contribution in [0.5, 0.6) is 0 Å². The molecule has 0 aliphatic carbocycles. The van der Waals surface area contributed by atoms with Crippen molar-refractivity contribution in [1.29, 1.82) is 0 Å². The van der Waals surface area contributed by atoms with E-state index in [2.05, 4.69) is 106 Å². The summed E-state index contributed by atoms with van der Waals surface area (Å²) in [6.45, 7) is 6.23. The van der Waals surface area contributed by atoms with Gasteiger partial charge in [0.25, 0.3) is 0 Å². The van der Waals surface area contributed by atoms with Gasteiger partial charge >= 0.3 is 17.9 Å². The van der Waals surface area contributed by atoms with Crippen molar-refractivity contribution in [2.24, 2.45) is 0 Å². The second kappa shape index (κ2) is 51.2. The van der Waals surface area contributed by atoms with Gasteiger partial charge in [-0.3, -0.25) is 14.4 Å². The van der Waals surface area contributed by atoms with E-state index >= 15 is 0 Å². The van der Waals surface area contributed by atoms with Crippen molar-refractivity contribution in [3.05, 3.63) is 134 Å². The zero-order valence-corrected chi connectivity index (χ0v) is 40.7. The Balaban J connectivity index is 4.58. The number of hydrogen-bond acceptors (Lipinski definition) is 6. The van der Waals surface area contributed by atoms with Crippen LogP contribution >= 0.6 is 0 Å². The van der Waals surface area contributed by atoms with Crippen LogP contribution in [0.4, 0.5) is 0 Å². The fraction of sp³-hybridized carbons (Fsp3) is 0.569. The minimum atomic E-state index is -0.841. The van der Waals surface area contributed by atoms with E-state index in [1.54, 1.807) is 0 Å². The van der Waals surface area contributed by atoms with Gasteiger partial charge in [0.2, 0.25) is 0 Å². The molecule has 0 spiro atoms. The molecule has 0 aromatic rings. The van der Waals surface area contributed by atoms with Crippen molar-refractivity contribution in [2.75, 3.05) is 13.2 Å². The third-order valence-corrected chi connectivity index (χ3v) is 9.98. The van der Waals surface area contributed by atoms with Crippen molar-refractivity contribution < 1.29 is 28.6 Å². The number of allylic oxidation sites excluding steroid dienone is 22. The van der Waals surface area contributed by atoms with E-state index < -0.39 is 12.1 Å². The molecule has 0 aliphatic rings. The Labute approximate surface area is 392 Å². The van der Waals surface area contributed by atoms with E-state index in [0.717, 1.165) is 96.3 Å². The van der Waals surface area contributed by atoms with Gasteiger partial charge in [0.05, 0.1) is 0 Å². The van der Waals surface area contributed by atoms with Crippen molar-refractivity contribution in [2.45, 2.75) is 200 Å². The highest BCUT2D eigenvalue weighted by Crippen LogP contribution is 2.12. The second-order valence-electron chi connectivity index (χ2n) is 16.0. The SMILES string of the molecule is CC\C=C/C=C\C=C/C=C\CCCCCC(=O)OCC(COC(=O)CCCCCCCCC/C=C\C/C=C\CCCCC)OC(=O)CC/C=C\C/C=C\C/C=C\C/C=C\C/C=C\CC. The zero-order valence-electron chi connectivity index (χ0n) is 40.7. The predicted molar refractivity (Wildman–Crippen MR) is 274 cm³/mol. The standard InChI is InChI=1S/C58H90O6/c1-4-7-10-13-16-19-22-25-27-29-31-33-36-39-42-45-48-51-57(60)63-54-55(53-62-56(59)50-47-44-41-38-35-32-24-21-18-15-12-9-6-3)64-58(61)52-49-46-43-40-37-34-30-28-26-23-20-17-14-11-8-5-2/h8-9,11-12,15-21,24-28,32,34-35,37,43,46,55H,4-7,10,13-14,22-23,29-31,33,36,38-42,44-45,47-54H2,1-3H3/b11-8-,12-9-,18-15-,19-16-,20-17-,24-21-,27-25-,28-26-,35-32-,37-34-,46-43-. The Morgan fingerprint density at radius 1 is 0.344 bits per heavy atom. The smallest absolute Gasteiger partial charge is 0.306 e. The fourth-order valence-electron chi connectivity index (χ4n) is 6.24. The first kappa shape index (κ1) is 59.5. The van der Waals surface area contributed by atoms with Crippen LogP contribution in [-0.2, 0) is 28.6 Å². The molecule has 0 N–H and O–H groups in total. The van der Waals surface area contributed by atoms with Crippen molar-refractivity contribution >= 4 is 17.9 Å². The maximum Gasteiger partial charge on any atom is 0.306 e. The number of rotatable bonds is 43. The molecule has 6 nitrogen and oxygen atoms in total. The Kier molecular flexibility index (Phi) is 47.6. The average Bonchev–Trinajstić information content (AvgIpc) is 3.29. The summed E-state index contributed by atoms with van der Waals surface area (Å²) in [6, 6.07) is 0. The van der Waals surface area contributed by atoms with Gasteiger partial charge in [-0.05, 0) is 103 Å². The van der Waals surface area contributed by atoms with Gasteiger partial charge in [0.1, 0.15) is 13.2 Å². The van der Waals surface area contributed by atoms with E-state index in [0.29, 0.717) is 19.3 Å². The van der Waals surface area contributed by atoms with Crippen LogP contribution in [0.1, 0.15) is 194 Å². The lowest BCUT2D eigenvalue weighted by molar-refractivity contribution is -0.166. The second-order valence-corrected chi connectivity index (χ2v) is 16.0. The van der Waals surface area contributed by atoms with Gasteiger partial charge in [0, 0.05) is 19.3 Å². The van der Waals surface area contributed by atoms with Gasteiger partial charge in [-0.1, -0.05) is 206 Å². The monoisotopic (exact) mass is 883 g/mol. The summed E-state index contributed by atoms with van der Waals surface area (Å²) < 4.78 is 16.7. The van der Waals surface area contributed by atoms with Gasteiger partial charge in [-0.2, -0.15) is 0 Å². The van der Waals surface area contributed by atoms with Crippen LogP contribution in [0.3, 0.4) is 0 Å². The number of esters is 3. The molecule has 0 radical (unpaired) electrons. The average molecular weight is 883 g/mol. The normalized spacial score (nSPS) is 13.2. The molecule has 0 fully saturated rings. The molecule has 0 amide bonds. The van der Waals surface area contributed by atoms with Crippen LogP contribution < -0.4 is 0 Å². The van der Waals surface area contributed by atoms with Crippen molar-refractivity contribution in [3.8, 4) is 0 Å². The highest BCUT2D eigenvalue weighted by atomic mass is 16.6. The minimum absolute atomic E-state index is 0.130.